The number of aromatic nitrogens is 1. The Morgan fingerprint density at radius 3 is 2.57 bits per heavy atom. The molecular weight excluding hydrogens is 320 g/mol. The van der Waals surface area contributed by atoms with Gasteiger partial charge in [-0.2, -0.15) is 4.98 Å². The van der Waals surface area contributed by atoms with Crippen molar-refractivity contribution in [1.82, 2.24) is 4.98 Å². The highest BCUT2D eigenvalue weighted by Crippen LogP contribution is 2.38. The van der Waals surface area contributed by atoms with Crippen LogP contribution in [0.2, 0.25) is 0 Å². The van der Waals surface area contributed by atoms with E-state index < -0.39 is 21.2 Å². The lowest BCUT2D eigenvalue weighted by Crippen LogP contribution is -2.33. The van der Waals surface area contributed by atoms with E-state index in [1.54, 1.807) is 13.8 Å². The molecule has 2 rings (SSSR count). The van der Waals surface area contributed by atoms with Gasteiger partial charge in [0.1, 0.15) is 5.82 Å². The van der Waals surface area contributed by atoms with E-state index in [1.165, 1.54) is 19.2 Å². The van der Waals surface area contributed by atoms with Crippen molar-refractivity contribution >= 4 is 21.8 Å². The molecule has 0 aromatic carbocycles. The summed E-state index contributed by atoms with van der Waals surface area (Å²) in [5.74, 6) is 0.0582. The van der Waals surface area contributed by atoms with Gasteiger partial charge >= 0.3 is 5.97 Å². The third-order valence-electron chi connectivity index (χ3n) is 4.06. The van der Waals surface area contributed by atoms with E-state index in [-0.39, 0.29) is 17.3 Å². The zero-order valence-electron chi connectivity index (χ0n) is 13.7. The third-order valence-corrected chi connectivity index (χ3v) is 6.20. The number of sulfonamides is 1. The number of aromatic carboxylic acids is 1. The summed E-state index contributed by atoms with van der Waals surface area (Å²) in [4.78, 5) is 15.4. The van der Waals surface area contributed by atoms with Gasteiger partial charge in [-0.05, 0) is 38.2 Å². The summed E-state index contributed by atoms with van der Waals surface area (Å²) in [5, 5.41) is 8.57. The van der Waals surface area contributed by atoms with Crippen LogP contribution in [0.3, 0.4) is 0 Å². The van der Waals surface area contributed by atoms with Crippen molar-refractivity contribution in [3.63, 3.8) is 0 Å². The molecule has 2 unspecified atom stereocenters. The average Bonchev–Trinajstić information content (AvgIpc) is 3.19. The van der Waals surface area contributed by atoms with Crippen molar-refractivity contribution < 1.29 is 23.1 Å². The summed E-state index contributed by atoms with van der Waals surface area (Å²) in [6.07, 6.45) is 1.08. The predicted octanol–water partition coefficient (Wildman–Crippen LogP) is 1.99. The van der Waals surface area contributed by atoms with Gasteiger partial charge in [0.15, 0.2) is 0 Å². The van der Waals surface area contributed by atoms with Gasteiger partial charge < -0.3 is 9.84 Å². The molecule has 23 heavy (non-hydrogen) atoms. The van der Waals surface area contributed by atoms with Crippen LogP contribution in [0.5, 0.6) is 5.88 Å². The predicted molar refractivity (Wildman–Crippen MR) is 86.4 cm³/mol. The molecule has 1 saturated carbocycles. The first-order valence-electron chi connectivity index (χ1n) is 7.49. The number of carboxylic acids is 1. The number of pyridine rings is 1. The SMILES string of the molecule is CC1CC1COc1cc(C(=O)O)cc(N(C)S(=O)(=O)C(C)C)n1. The Labute approximate surface area is 136 Å². The molecule has 7 nitrogen and oxygen atoms in total. The molecule has 128 valence electrons. The quantitative estimate of drug-likeness (QED) is 0.814. The Morgan fingerprint density at radius 2 is 2.09 bits per heavy atom. The van der Waals surface area contributed by atoms with Crippen molar-refractivity contribution in [2.75, 3.05) is 18.0 Å². The molecule has 8 heteroatoms. The monoisotopic (exact) mass is 342 g/mol. The van der Waals surface area contributed by atoms with Crippen LogP contribution in [0.4, 0.5) is 5.82 Å². The minimum absolute atomic E-state index is 0.0393. The Balaban J connectivity index is 2.30. The van der Waals surface area contributed by atoms with E-state index in [4.69, 9.17) is 4.74 Å². The minimum Gasteiger partial charge on any atom is -0.478 e. The molecule has 1 aromatic heterocycles. The molecule has 2 atom stereocenters. The number of rotatable bonds is 7. The van der Waals surface area contributed by atoms with Crippen LogP contribution < -0.4 is 9.04 Å². The Hall–Kier alpha value is -1.83. The molecule has 0 amide bonds. The fourth-order valence-corrected chi connectivity index (χ4v) is 3.11. The zero-order chi connectivity index (χ0) is 17.4. The highest BCUT2D eigenvalue weighted by atomic mass is 32.2. The summed E-state index contributed by atoms with van der Waals surface area (Å²) in [6, 6.07) is 2.55. The number of nitrogens with zero attached hydrogens (tertiary/aromatic N) is 2. The molecule has 1 N–H and O–H groups in total. The summed E-state index contributed by atoms with van der Waals surface area (Å²) in [6.45, 7) is 5.68. The first-order valence-corrected chi connectivity index (χ1v) is 8.99. The molecule has 0 spiro atoms. The summed E-state index contributed by atoms with van der Waals surface area (Å²) in [7, 11) is -2.24. The number of hydrogen-bond donors (Lipinski definition) is 1. The number of ether oxygens (including phenoxy) is 1. The Morgan fingerprint density at radius 1 is 1.48 bits per heavy atom. The van der Waals surface area contributed by atoms with Crippen LogP contribution >= 0.6 is 0 Å². The second kappa shape index (κ2) is 6.35. The molecule has 0 aliphatic heterocycles. The maximum Gasteiger partial charge on any atom is 0.336 e. The van der Waals surface area contributed by atoms with Gasteiger partial charge in [0.25, 0.3) is 0 Å². The van der Waals surface area contributed by atoms with E-state index in [1.807, 2.05) is 0 Å². The van der Waals surface area contributed by atoms with E-state index in [2.05, 4.69) is 11.9 Å². The average molecular weight is 342 g/mol. The topological polar surface area (TPSA) is 96.8 Å². The van der Waals surface area contributed by atoms with Crippen molar-refractivity contribution in [3.05, 3.63) is 17.7 Å². The van der Waals surface area contributed by atoms with Crippen LogP contribution in [0.25, 0.3) is 0 Å². The molecular formula is C15H22N2O5S. The second-order valence-electron chi connectivity index (χ2n) is 6.20. The van der Waals surface area contributed by atoms with Gasteiger partial charge in [-0.3, -0.25) is 4.31 Å². The lowest BCUT2D eigenvalue weighted by Gasteiger charge is -2.21. The summed E-state index contributed by atoms with van der Waals surface area (Å²) < 4.78 is 31.0. The van der Waals surface area contributed by atoms with Crippen molar-refractivity contribution in [2.24, 2.45) is 11.8 Å². The van der Waals surface area contributed by atoms with Crippen LogP contribution in [0.1, 0.15) is 37.6 Å². The molecule has 1 aromatic rings. The number of carboxylic acid groups (broad SMARTS) is 1. The third kappa shape index (κ3) is 3.93. The van der Waals surface area contributed by atoms with Gasteiger partial charge in [-0.25, -0.2) is 13.2 Å². The molecule has 0 radical (unpaired) electrons. The van der Waals surface area contributed by atoms with Crippen molar-refractivity contribution in [1.29, 1.82) is 0 Å². The maximum absolute atomic E-state index is 12.2. The number of carbonyl (C=O) groups is 1. The van der Waals surface area contributed by atoms with Crippen LogP contribution in [0.15, 0.2) is 12.1 Å². The fraction of sp³-hybridized carbons (Fsp3) is 0.600. The first-order chi connectivity index (χ1) is 10.6. The lowest BCUT2D eigenvalue weighted by molar-refractivity contribution is 0.0696. The lowest BCUT2D eigenvalue weighted by atomic mass is 10.2. The van der Waals surface area contributed by atoms with Crippen molar-refractivity contribution in [3.8, 4) is 5.88 Å². The van der Waals surface area contributed by atoms with E-state index >= 15 is 0 Å². The molecule has 1 heterocycles. The van der Waals surface area contributed by atoms with Crippen LogP contribution in [-0.2, 0) is 10.0 Å². The molecule has 1 aliphatic rings. The smallest absolute Gasteiger partial charge is 0.336 e. The second-order valence-corrected chi connectivity index (χ2v) is 8.72. The van der Waals surface area contributed by atoms with Gasteiger partial charge in [0, 0.05) is 13.1 Å². The zero-order valence-corrected chi connectivity index (χ0v) is 14.5. The van der Waals surface area contributed by atoms with Crippen LogP contribution in [-0.4, -0.2) is 43.4 Å². The summed E-state index contributed by atoms with van der Waals surface area (Å²) >= 11 is 0. The van der Waals surface area contributed by atoms with Gasteiger partial charge in [0.2, 0.25) is 15.9 Å². The van der Waals surface area contributed by atoms with Gasteiger partial charge in [-0.15, -0.1) is 0 Å². The van der Waals surface area contributed by atoms with Crippen LogP contribution in [0, 0.1) is 11.8 Å². The fourth-order valence-electron chi connectivity index (χ4n) is 2.12. The van der Waals surface area contributed by atoms with Crippen molar-refractivity contribution in [2.45, 2.75) is 32.4 Å². The largest absolute Gasteiger partial charge is 0.478 e. The van der Waals surface area contributed by atoms with E-state index in [9.17, 15) is 18.3 Å². The highest BCUT2D eigenvalue weighted by Gasteiger charge is 2.33. The standard InChI is InChI=1S/C15H22N2O5S/c1-9(2)23(20,21)17(4)13-6-11(15(18)19)7-14(16-13)22-8-12-5-10(12)3/h6-7,9-10,12H,5,8H2,1-4H3,(H,18,19). The highest BCUT2D eigenvalue weighted by molar-refractivity contribution is 7.93. The molecule has 0 saturated heterocycles. The minimum atomic E-state index is -3.59. The molecule has 1 aliphatic carbocycles. The Bertz CT molecular complexity index is 702. The molecule has 0 bridgehead atoms. The number of hydrogen-bond acceptors (Lipinski definition) is 5. The first kappa shape index (κ1) is 17.5. The van der Waals surface area contributed by atoms with Gasteiger partial charge in [-0.1, -0.05) is 6.92 Å². The maximum atomic E-state index is 12.2. The van der Waals surface area contributed by atoms with E-state index in [0.29, 0.717) is 18.4 Å². The summed E-state index contributed by atoms with van der Waals surface area (Å²) in [5.41, 5.74) is -0.0559. The van der Waals surface area contributed by atoms with Gasteiger partial charge in [0.05, 0.1) is 17.4 Å². The Kier molecular flexibility index (Phi) is 4.84. The normalized spacial score (nSPS) is 20.4. The molecule has 1 fully saturated rings. The van der Waals surface area contributed by atoms with E-state index in [0.717, 1.165) is 10.7 Å². The number of anilines is 1.